The number of benzene rings is 2. The molecule has 184 valence electrons. The topological polar surface area (TPSA) is 131 Å². The van der Waals surface area contributed by atoms with Crippen LogP contribution >= 0.6 is 0 Å². The van der Waals surface area contributed by atoms with Gasteiger partial charge in [-0.05, 0) is 30.7 Å². The van der Waals surface area contributed by atoms with E-state index < -0.39 is 36.4 Å². The molecule has 1 saturated heterocycles. The number of fused-ring (bicyclic) bond motifs is 1. The lowest BCUT2D eigenvalue weighted by Gasteiger charge is -2.16. The highest BCUT2D eigenvalue weighted by molar-refractivity contribution is 6.08. The highest BCUT2D eigenvalue weighted by Gasteiger charge is 2.45. The summed E-state index contributed by atoms with van der Waals surface area (Å²) in [7, 11) is 0. The molecule has 1 fully saturated rings. The number of anilines is 2. The molecule has 0 spiro atoms. The Bertz CT molecular complexity index is 1400. The summed E-state index contributed by atoms with van der Waals surface area (Å²) in [6.45, 7) is 1.78. The zero-order valence-electron chi connectivity index (χ0n) is 19.2. The molecule has 2 aromatic heterocycles. The third-order valence-corrected chi connectivity index (χ3v) is 5.92. The number of nitrogens with one attached hydrogen (secondary N) is 2. The quantitative estimate of drug-likeness (QED) is 0.378. The van der Waals surface area contributed by atoms with E-state index in [1.54, 1.807) is 67.6 Å². The number of alkyl halides is 1. The number of carbonyl (C=O) groups is 2. The standard InChI is InChI=1S/C25H23FN6O4/c1-2-16-19(33)17(26)24(36-16)32-13-27-18-20(28-22(34)14-9-5-3-6-10-14)29-25(30-21(18)32)31-23(35)15-11-7-4-8-12-15/h3-13,16-17,19,24,33H,2H2,1H3,(H2,28,29,30,31,34,35)/t16-,17-,19-,24-/m1/s1. The molecule has 5 rings (SSSR count). The summed E-state index contributed by atoms with van der Waals surface area (Å²) in [5.74, 6) is -1.02. The van der Waals surface area contributed by atoms with Crippen molar-refractivity contribution in [3.05, 3.63) is 78.1 Å². The number of amides is 2. The van der Waals surface area contributed by atoms with Gasteiger partial charge in [0.05, 0.1) is 12.4 Å². The van der Waals surface area contributed by atoms with Crippen LogP contribution in [0.25, 0.3) is 11.2 Å². The van der Waals surface area contributed by atoms with E-state index in [1.165, 1.54) is 10.9 Å². The van der Waals surface area contributed by atoms with Gasteiger partial charge in [-0.25, -0.2) is 9.37 Å². The molecule has 4 aromatic rings. The molecular formula is C25H23FN6O4. The minimum Gasteiger partial charge on any atom is -0.387 e. The number of ether oxygens (including phenoxy) is 1. The number of aliphatic hydroxyl groups excluding tert-OH is 1. The molecule has 0 radical (unpaired) electrons. The normalized spacial score (nSPS) is 21.4. The van der Waals surface area contributed by atoms with Crippen molar-refractivity contribution >= 4 is 34.7 Å². The van der Waals surface area contributed by atoms with E-state index in [0.717, 1.165) is 0 Å². The van der Waals surface area contributed by atoms with Gasteiger partial charge in [-0.1, -0.05) is 43.3 Å². The molecule has 3 N–H and O–H groups in total. The summed E-state index contributed by atoms with van der Waals surface area (Å²) in [5.41, 5.74) is 1.05. The summed E-state index contributed by atoms with van der Waals surface area (Å²) in [6.07, 6.45) is -3.21. The van der Waals surface area contributed by atoms with Gasteiger partial charge < -0.3 is 15.2 Å². The number of imidazole rings is 1. The van der Waals surface area contributed by atoms with Gasteiger partial charge in [0.2, 0.25) is 5.95 Å². The van der Waals surface area contributed by atoms with Crippen LogP contribution in [0.4, 0.5) is 16.2 Å². The first kappa shape index (κ1) is 23.5. The molecule has 2 amide bonds. The van der Waals surface area contributed by atoms with Crippen LogP contribution in [0, 0.1) is 0 Å². The predicted molar refractivity (Wildman–Crippen MR) is 129 cm³/mol. The fourth-order valence-electron chi connectivity index (χ4n) is 4.04. The number of nitrogens with zero attached hydrogens (tertiary/aromatic N) is 4. The van der Waals surface area contributed by atoms with Crippen LogP contribution in [0.2, 0.25) is 0 Å². The Morgan fingerprint density at radius 1 is 1.00 bits per heavy atom. The predicted octanol–water partition coefficient (Wildman–Crippen LogP) is 3.34. The van der Waals surface area contributed by atoms with Gasteiger partial charge in [0.15, 0.2) is 29.4 Å². The molecule has 36 heavy (non-hydrogen) atoms. The van der Waals surface area contributed by atoms with Gasteiger partial charge in [-0.15, -0.1) is 0 Å². The van der Waals surface area contributed by atoms with Gasteiger partial charge in [0.25, 0.3) is 11.8 Å². The lowest BCUT2D eigenvalue weighted by atomic mass is 10.1. The molecule has 1 aliphatic heterocycles. The smallest absolute Gasteiger partial charge is 0.258 e. The summed E-state index contributed by atoms with van der Waals surface area (Å²) in [5, 5.41) is 15.5. The second kappa shape index (κ2) is 9.80. The number of halogens is 1. The van der Waals surface area contributed by atoms with Crippen molar-refractivity contribution in [2.75, 3.05) is 10.6 Å². The second-order valence-corrected chi connectivity index (χ2v) is 8.27. The summed E-state index contributed by atoms with van der Waals surface area (Å²) >= 11 is 0. The Kier molecular flexibility index (Phi) is 6.40. The third kappa shape index (κ3) is 4.41. The van der Waals surface area contributed by atoms with Crippen LogP contribution in [0.15, 0.2) is 67.0 Å². The van der Waals surface area contributed by atoms with E-state index in [9.17, 15) is 19.1 Å². The average molecular weight is 490 g/mol. The summed E-state index contributed by atoms with van der Waals surface area (Å²) in [4.78, 5) is 38.5. The van der Waals surface area contributed by atoms with Crippen molar-refractivity contribution in [1.82, 2.24) is 19.5 Å². The fraction of sp³-hybridized carbons (Fsp3) is 0.240. The fourth-order valence-corrected chi connectivity index (χ4v) is 4.04. The first-order chi connectivity index (χ1) is 17.5. The number of aromatic nitrogens is 4. The largest absolute Gasteiger partial charge is 0.387 e. The van der Waals surface area contributed by atoms with E-state index >= 15 is 0 Å². The van der Waals surface area contributed by atoms with Crippen molar-refractivity contribution in [2.24, 2.45) is 0 Å². The van der Waals surface area contributed by atoms with Crippen LogP contribution in [0.3, 0.4) is 0 Å². The zero-order valence-corrected chi connectivity index (χ0v) is 19.2. The van der Waals surface area contributed by atoms with E-state index in [0.29, 0.717) is 17.5 Å². The Balaban J connectivity index is 1.55. The Morgan fingerprint density at radius 2 is 1.61 bits per heavy atom. The SMILES string of the molecule is CC[C@H]1O[C@@H](n2cnc3c(NC(=O)c4ccccc4)nc(NC(=O)c4ccccc4)nc32)[C@H](F)[C@@H]1O. The van der Waals surface area contributed by atoms with Gasteiger partial charge in [-0.3, -0.25) is 19.5 Å². The average Bonchev–Trinajstić information content (AvgIpc) is 3.45. The Labute approximate surface area is 205 Å². The van der Waals surface area contributed by atoms with Crippen LogP contribution in [0.1, 0.15) is 40.3 Å². The maximum absolute atomic E-state index is 15.0. The van der Waals surface area contributed by atoms with E-state index in [1.807, 2.05) is 0 Å². The number of hydrogen-bond donors (Lipinski definition) is 3. The number of hydrogen-bond acceptors (Lipinski definition) is 7. The van der Waals surface area contributed by atoms with Gasteiger partial charge in [0, 0.05) is 11.1 Å². The maximum Gasteiger partial charge on any atom is 0.258 e. The number of carbonyl (C=O) groups excluding carboxylic acids is 2. The molecule has 0 unspecified atom stereocenters. The van der Waals surface area contributed by atoms with Crippen molar-refractivity contribution in [3.8, 4) is 0 Å². The molecule has 2 aromatic carbocycles. The van der Waals surface area contributed by atoms with Crippen LogP contribution in [-0.4, -0.2) is 54.8 Å². The van der Waals surface area contributed by atoms with Crippen molar-refractivity contribution in [1.29, 1.82) is 0 Å². The van der Waals surface area contributed by atoms with Crippen molar-refractivity contribution in [3.63, 3.8) is 0 Å². The Hall–Kier alpha value is -4.22. The molecule has 11 heteroatoms. The van der Waals surface area contributed by atoms with E-state index in [2.05, 4.69) is 25.6 Å². The second-order valence-electron chi connectivity index (χ2n) is 8.27. The molecule has 0 bridgehead atoms. The van der Waals surface area contributed by atoms with Crippen LogP contribution in [0.5, 0.6) is 0 Å². The van der Waals surface area contributed by atoms with Gasteiger partial charge >= 0.3 is 0 Å². The van der Waals surface area contributed by atoms with Crippen molar-refractivity contribution in [2.45, 2.75) is 38.0 Å². The van der Waals surface area contributed by atoms with Crippen LogP contribution < -0.4 is 10.6 Å². The maximum atomic E-state index is 15.0. The first-order valence-corrected chi connectivity index (χ1v) is 11.4. The molecule has 4 atom stereocenters. The van der Waals surface area contributed by atoms with Gasteiger partial charge in [-0.2, -0.15) is 9.97 Å². The molecule has 10 nitrogen and oxygen atoms in total. The lowest BCUT2D eigenvalue weighted by Crippen LogP contribution is -2.28. The minimum absolute atomic E-state index is 0.0250. The number of rotatable bonds is 6. The first-order valence-electron chi connectivity index (χ1n) is 11.4. The Morgan fingerprint density at radius 3 is 2.19 bits per heavy atom. The highest BCUT2D eigenvalue weighted by atomic mass is 19.1. The monoisotopic (exact) mass is 490 g/mol. The number of aliphatic hydroxyl groups is 1. The zero-order chi connectivity index (χ0) is 25.2. The molecular weight excluding hydrogens is 467 g/mol. The summed E-state index contributed by atoms with van der Waals surface area (Å²) < 4.78 is 22.0. The summed E-state index contributed by atoms with van der Waals surface area (Å²) in [6, 6.07) is 17.0. The third-order valence-electron chi connectivity index (χ3n) is 5.92. The minimum atomic E-state index is -1.73. The molecule has 0 saturated carbocycles. The van der Waals surface area contributed by atoms with Gasteiger partial charge in [0.1, 0.15) is 6.10 Å². The van der Waals surface area contributed by atoms with Crippen molar-refractivity contribution < 1.29 is 23.8 Å². The molecule has 3 heterocycles. The lowest BCUT2D eigenvalue weighted by molar-refractivity contribution is -0.0238. The molecule has 1 aliphatic rings. The van der Waals surface area contributed by atoms with Crippen LogP contribution in [-0.2, 0) is 4.74 Å². The molecule has 0 aliphatic carbocycles. The highest BCUT2D eigenvalue weighted by Crippen LogP contribution is 2.35. The van der Waals surface area contributed by atoms with E-state index in [-0.39, 0.29) is 22.9 Å². The van der Waals surface area contributed by atoms with E-state index in [4.69, 9.17) is 4.74 Å².